The van der Waals surface area contributed by atoms with E-state index >= 15 is 0 Å². The van der Waals surface area contributed by atoms with Crippen LogP contribution in [0.15, 0.2) is 48.5 Å². The average molecular weight is 335 g/mol. The molecule has 0 saturated heterocycles. The molecular weight excluding hydrogens is 310 g/mol. The Morgan fingerprint density at radius 3 is 2.52 bits per heavy atom. The van der Waals surface area contributed by atoms with Gasteiger partial charge in [0.2, 0.25) is 5.91 Å². The predicted octanol–water partition coefficient (Wildman–Crippen LogP) is 4.28. The molecule has 0 aliphatic rings. The molecule has 130 valence electrons. The molecule has 2 aromatic carbocycles. The zero-order chi connectivity index (χ0) is 17.8. The predicted molar refractivity (Wildman–Crippen MR) is 101 cm³/mol. The number of imidazole rings is 1. The molecule has 0 aliphatic heterocycles. The molecule has 1 heterocycles. The van der Waals surface area contributed by atoms with Crippen LogP contribution in [0.4, 0.5) is 0 Å². The molecule has 0 radical (unpaired) electrons. The molecule has 0 atom stereocenters. The Bertz CT molecular complexity index is 816. The topological polar surface area (TPSA) is 49.0 Å². The Kier molecular flexibility index (Phi) is 5.17. The Morgan fingerprint density at radius 2 is 1.84 bits per heavy atom. The molecule has 1 N–H and O–H groups in total. The molecule has 0 saturated carbocycles. The van der Waals surface area contributed by atoms with Gasteiger partial charge in [0.15, 0.2) is 0 Å². The number of nitrogens with zero attached hydrogens (tertiary/aromatic N) is 2. The van der Waals surface area contributed by atoms with Crippen molar-refractivity contribution in [1.82, 2.24) is 14.9 Å². The molecule has 4 heteroatoms. The molecule has 1 aromatic heterocycles. The zero-order valence-electron chi connectivity index (χ0n) is 15.1. The highest BCUT2D eigenvalue weighted by atomic mass is 16.2. The summed E-state index contributed by atoms with van der Waals surface area (Å²) in [5.41, 5.74) is 4.44. The van der Waals surface area contributed by atoms with E-state index in [2.05, 4.69) is 48.1 Å². The molecule has 25 heavy (non-hydrogen) atoms. The monoisotopic (exact) mass is 335 g/mol. The van der Waals surface area contributed by atoms with Crippen LogP contribution in [-0.4, -0.2) is 27.8 Å². The maximum atomic E-state index is 12.4. The maximum Gasteiger partial charge on any atom is 0.223 e. The van der Waals surface area contributed by atoms with Crippen LogP contribution in [-0.2, 0) is 17.8 Å². The van der Waals surface area contributed by atoms with E-state index in [0.29, 0.717) is 25.3 Å². The minimum absolute atomic E-state index is 0.133. The van der Waals surface area contributed by atoms with Crippen LogP contribution in [0, 0.1) is 0 Å². The Morgan fingerprint density at radius 1 is 1.12 bits per heavy atom. The Balaban J connectivity index is 1.55. The molecule has 3 rings (SSSR count). The highest BCUT2D eigenvalue weighted by Crippen LogP contribution is 2.16. The minimum Gasteiger partial charge on any atom is -0.342 e. The van der Waals surface area contributed by atoms with Crippen LogP contribution in [0.3, 0.4) is 0 Å². The van der Waals surface area contributed by atoms with Gasteiger partial charge in [-0.25, -0.2) is 4.98 Å². The van der Waals surface area contributed by atoms with Crippen LogP contribution < -0.4 is 0 Å². The summed E-state index contributed by atoms with van der Waals surface area (Å²) in [5.74, 6) is 1.52. The van der Waals surface area contributed by atoms with E-state index in [1.807, 2.05) is 31.3 Å². The normalized spacial score (nSPS) is 11.2. The van der Waals surface area contributed by atoms with Gasteiger partial charge in [-0.1, -0.05) is 50.2 Å². The lowest BCUT2D eigenvalue weighted by Gasteiger charge is -2.17. The van der Waals surface area contributed by atoms with Crippen molar-refractivity contribution in [3.63, 3.8) is 0 Å². The summed E-state index contributed by atoms with van der Waals surface area (Å²) >= 11 is 0. The van der Waals surface area contributed by atoms with Gasteiger partial charge >= 0.3 is 0 Å². The van der Waals surface area contributed by atoms with Crippen molar-refractivity contribution in [3.8, 4) is 0 Å². The number of H-pyrrole nitrogens is 1. The van der Waals surface area contributed by atoms with Crippen LogP contribution in [0.5, 0.6) is 0 Å². The summed E-state index contributed by atoms with van der Waals surface area (Å²) in [5, 5.41) is 0. The third kappa shape index (κ3) is 4.27. The number of para-hydroxylation sites is 2. The van der Waals surface area contributed by atoms with Gasteiger partial charge in [-0.2, -0.15) is 0 Å². The second-order valence-corrected chi connectivity index (χ2v) is 6.85. The first-order chi connectivity index (χ1) is 12.0. The number of amides is 1. The Labute approximate surface area is 148 Å². The van der Waals surface area contributed by atoms with Gasteiger partial charge in [-0.15, -0.1) is 0 Å². The van der Waals surface area contributed by atoms with Gasteiger partial charge in [0.05, 0.1) is 11.0 Å². The van der Waals surface area contributed by atoms with E-state index in [-0.39, 0.29) is 5.91 Å². The van der Waals surface area contributed by atoms with E-state index in [1.165, 1.54) is 5.56 Å². The lowest BCUT2D eigenvalue weighted by atomic mass is 10.0. The fraction of sp³-hybridized carbons (Fsp3) is 0.333. The quantitative estimate of drug-likeness (QED) is 0.731. The highest BCUT2D eigenvalue weighted by Gasteiger charge is 2.11. The van der Waals surface area contributed by atoms with Gasteiger partial charge in [-0.3, -0.25) is 4.79 Å². The fourth-order valence-corrected chi connectivity index (χ4v) is 2.91. The van der Waals surface area contributed by atoms with Crippen LogP contribution in [0.2, 0.25) is 0 Å². The first-order valence-electron chi connectivity index (χ1n) is 8.79. The summed E-state index contributed by atoms with van der Waals surface area (Å²) in [6, 6.07) is 16.4. The molecule has 0 unspecified atom stereocenters. The summed E-state index contributed by atoms with van der Waals surface area (Å²) in [6.45, 7) is 5.00. The van der Waals surface area contributed by atoms with Gasteiger partial charge in [0.25, 0.3) is 0 Å². The molecule has 0 aliphatic carbocycles. The highest BCUT2D eigenvalue weighted by molar-refractivity contribution is 5.77. The second-order valence-electron chi connectivity index (χ2n) is 6.85. The van der Waals surface area contributed by atoms with E-state index in [0.717, 1.165) is 22.4 Å². The van der Waals surface area contributed by atoms with Gasteiger partial charge in [-0.05, 0) is 29.2 Å². The van der Waals surface area contributed by atoms with Gasteiger partial charge in [0.1, 0.15) is 5.82 Å². The third-order valence-electron chi connectivity index (χ3n) is 4.51. The van der Waals surface area contributed by atoms with Crippen molar-refractivity contribution >= 4 is 16.9 Å². The number of aromatic amines is 1. The molecule has 0 fully saturated rings. The van der Waals surface area contributed by atoms with Crippen molar-refractivity contribution in [2.75, 3.05) is 7.05 Å². The number of rotatable bonds is 6. The van der Waals surface area contributed by atoms with Crippen LogP contribution in [0.1, 0.15) is 43.1 Å². The summed E-state index contributed by atoms with van der Waals surface area (Å²) in [4.78, 5) is 22.0. The van der Waals surface area contributed by atoms with E-state index < -0.39 is 0 Å². The minimum atomic E-state index is 0.133. The standard InChI is InChI=1S/C21H25N3O/c1-15(2)17-10-8-16(9-11-17)14-24(3)21(25)13-12-20-22-18-6-4-5-7-19(18)23-20/h4-11,15H,12-14H2,1-3H3,(H,22,23). The number of fused-ring (bicyclic) bond motifs is 1. The summed E-state index contributed by atoms with van der Waals surface area (Å²) in [7, 11) is 1.86. The lowest BCUT2D eigenvalue weighted by Crippen LogP contribution is -2.26. The van der Waals surface area contributed by atoms with Crippen LogP contribution >= 0.6 is 0 Å². The number of benzene rings is 2. The molecule has 4 nitrogen and oxygen atoms in total. The fourth-order valence-electron chi connectivity index (χ4n) is 2.91. The number of nitrogens with one attached hydrogen (secondary N) is 1. The lowest BCUT2D eigenvalue weighted by molar-refractivity contribution is -0.130. The molecule has 0 bridgehead atoms. The average Bonchev–Trinajstić information content (AvgIpc) is 3.03. The number of hydrogen-bond acceptors (Lipinski definition) is 2. The molecule has 0 spiro atoms. The van der Waals surface area contributed by atoms with Crippen molar-refractivity contribution in [2.24, 2.45) is 0 Å². The third-order valence-corrected chi connectivity index (χ3v) is 4.51. The number of carbonyl (C=O) groups is 1. The van der Waals surface area contributed by atoms with E-state index in [4.69, 9.17) is 0 Å². The van der Waals surface area contributed by atoms with Gasteiger partial charge in [0, 0.05) is 26.4 Å². The Hall–Kier alpha value is -2.62. The number of carbonyl (C=O) groups excluding carboxylic acids is 1. The van der Waals surface area contributed by atoms with Crippen molar-refractivity contribution in [3.05, 3.63) is 65.5 Å². The smallest absolute Gasteiger partial charge is 0.223 e. The maximum absolute atomic E-state index is 12.4. The van der Waals surface area contributed by atoms with Crippen LogP contribution in [0.25, 0.3) is 11.0 Å². The number of hydrogen-bond donors (Lipinski definition) is 1. The zero-order valence-corrected chi connectivity index (χ0v) is 15.1. The van der Waals surface area contributed by atoms with E-state index in [9.17, 15) is 4.79 Å². The SMILES string of the molecule is CC(C)c1ccc(CN(C)C(=O)CCc2nc3ccccc3[nH]2)cc1. The van der Waals surface area contributed by atoms with Crippen molar-refractivity contribution < 1.29 is 4.79 Å². The first-order valence-corrected chi connectivity index (χ1v) is 8.79. The molecule has 1 amide bonds. The summed E-state index contributed by atoms with van der Waals surface area (Å²) in [6.07, 6.45) is 1.09. The van der Waals surface area contributed by atoms with Crippen molar-refractivity contribution in [1.29, 1.82) is 0 Å². The molecule has 3 aromatic rings. The van der Waals surface area contributed by atoms with Crippen molar-refractivity contribution in [2.45, 2.75) is 39.2 Å². The number of aromatic nitrogens is 2. The first kappa shape index (κ1) is 17.2. The second kappa shape index (κ2) is 7.51. The van der Waals surface area contributed by atoms with Gasteiger partial charge < -0.3 is 9.88 Å². The molecular formula is C21H25N3O. The van der Waals surface area contributed by atoms with E-state index in [1.54, 1.807) is 4.90 Å². The number of aryl methyl sites for hydroxylation is 1. The largest absolute Gasteiger partial charge is 0.342 e. The summed E-state index contributed by atoms with van der Waals surface area (Å²) < 4.78 is 0.